The monoisotopic (exact) mass is 285 g/mol. The molecule has 0 saturated carbocycles. The number of fused-ring (bicyclic) bond motifs is 1. The molecular weight excluding hydrogens is 262 g/mol. The molecule has 3 nitrogen and oxygen atoms in total. The van der Waals surface area contributed by atoms with E-state index >= 15 is 0 Å². The van der Waals surface area contributed by atoms with E-state index in [9.17, 15) is 9.59 Å². The van der Waals surface area contributed by atoms with Crippen molar-refractivity contribution in [1.29, 1.82) is 0 Å². The van der Waals surface area contributed by atoms with E-state index in [1.165, 1.54) is 24.0 Å². The van der Waals surface area contributed by atoms with Gasteiger partial charge in [0.15, 0.2) is 5.78 Å². The Hall–Kier alpha value is -1.64. The second-order valence-corrected chi connectivity index (χ2v) is 6.20. The first-order valence-corrected chi connectivity index (χ1v) is 8.17. The van der Waals surface area contributed by atoms with Crippen molar-refractivity contribution in [1.82, 2.24) is 4.90 Å². The number of carbonyl (C=O) groups is 2. The number of likely N-dealkylation sites (tertiary alicyclic amines) is 1. The number of piperidine rings is 1. The third-order valence-electron chi connectivity index (χ3n) is 4.70. The largest absolute Gasteiger partial charge is 0.343 e. The number of hydrogen-bond donors (Lipinski definition) is 0. The molecule has 1 aliphatic carbocycles. The van der Waals surface area contributed by atoms with Crippen LogP contribution in [0.15, 0.2) is 18.2 Å². The second-order valence-electron chi connectivity index (χ2n) is 6.20. The Morgan fingerprint density at radius 1 is 0.905 bits per heavy atom. The first kappa shape index (κ1) is 14.3. The maximum Gasteiger partial charge on any atom is 0.223 e. The van der Waals surface area contributed by atoms with Crippen molar-refractivity contribution < 1.29 is 9.59 Å². The highest BCUT2D eigenvalue weighted by Crippen LogP contribution is 2.23. The first-order valence-electron chi connectivity index (χ1n) is 8.17. The predicted molar refractivity (Wildman–Crippen MR) is 82.5 cm³/mol. The molecular formula is C18H23NO2. The highest BCUT2D eigenvalue weighted by Gasteiger charge is 2.18. The van der Waals surface area contributed by atoms with Gasteiger partial charge in [-0.25, -0.2) is 0 Å². The van der Waals surface area contributed by atoms with Crippen LogP contribution in [0.2, 0.25) is 0 Å². The van der Waals surface area contributed by atoms with E-state index in [4.69, 9.17) is 0 Å². The summed E-state index contributed by atoms with van der Waals surface area (Å²) in [5, 5.41) is 0. The lowest BCUT2D eigenvalue weighted by molar-refractivity contribution is -0.132. The molecule has 2 aliphatic rings. The fraction of sp³-hybridized carbons (Fsp3) is 0.556. The second kappa shape index (κ2) is 6.42. The lowest BCUT2D eigenvalue weighted by Crippen LogP contribution is -2.35. The van der Waals surface area contributed by atoms with Gasteiger partial charge in [0.25, 0.3) is 0 Å². The van der Waals surface area contributed by atoms with Gasteiger partial charge in [-0.05, 0) is 55.7 Å². The lowest BCUT2D eigenvalue weighted by atomic mass is 10.0. The Morgan fingerprint density at radius 2 is 1.67 bits per heavy atom. The van der Waals surface area contributed by atoms with Gasteiger partial charge in [-0.15, -0.1) is 0 Å². The summed E-state index contributed by atoms with van der Waals surface area (Å²) in [4.78, 5) is 26.3. The maximum atomic E-state index is 12.3. The van der Waals surface area contributed by atoms with E-state index in [-0.39, 0.29) is 11.7 Å². The van der Waals surface area contributed by atoms with Crippen molar-refractivity contribution in [2.45, 2.75) is 51.4 Å². The molecule has 0 spiro atoms. The highest BCUT2D eigenvalue weighted by atomic mass is 16.2. The van der Waals surface area contributed by atoms with Crippen molar-refractivity contribution in [3.63, 3.8) is 0 Å². The fourth-order valence-corrected chi connectivity index (χ4v) is 3.41. The van der Waals surface area contributed by atoms with E-state index in [2.05, 4.69) is 6.07 Å². The third kappa shape index (κ3) is 3.34. The summed E-state index contributed by atoms with van der Waals surface area (Å²) in [6, 6.07) is 6.05. The van der Waals surface area contributed by atoms with Gasteiger partial charge >= 0.3 is 0 Å². The zero-order chi connectivity index (χ0) is 14.7. The van der Waals surface area contributed by atoms with Gasteiger partial charge < -0.3 is 4.90 Å². The quantitative estimate of drug-likeness (QED) is 0.797. The SMILES string of the molecule is O=C(CCC(=O)N1CCCCC1)c1ccc2c(c1)CCC2. The molecule has 1 aromatic carbocycles. The van der Waals surface area contributed by atoms with E-state index < -0.39 is 0 Å². The van der Waals surface area contributed by atoms with Crippen LogP contribution in [0.3, 0.4) is 0 Å². The fourth-order valence-electron chi connectivity index (χ4n) is 3.41. The maximum absolute atomic E-state index is 12.3. The van der Waals surface area contributed by atoms with Crippen LogP contribution in [0.5, 0.6) is 0 Å². The van der Waals surface area contributed by atoms with Crippen LogP contribution < -0.4 is 0 Å². The van der Waals surface area contributed by atoms with Gasteiger partial charge in [0, 0.05) is 31.5 Å². The van der Waals surface area contributed by atoms with Gasteiger partial charge in [0.2, 0.25) is 5.91 Å². The first-order chi connectivity index (χ1) is 10.2. The number of aryl methyl sites for hydroxylation is 2. The van der Waals surface area contributed by atoms with Crippen LogP contribution in [0, 0.1) is 0 Å². The molecule has 1 saturated heterocycles. The molecule has 1 aliphatic heterocycles. The number of benzene rings is 1. The number of Topliss-reactive ketones (excluding diaryl/α,β-unsaturated/α-hetero) is 1. The molecule has 0 unspecified atom stereocenters. The topological polar surface area (TPSA) is 37.4 Å². The molecule has 112 valence electrons. The highest BCUT2D eigenvalue weighted by molar-refractivity contribution is 5.98. The number of amides is 1. The number of nitrogens with zero attached hydrogens (tertiary/aromatic N) is 1. The van der Waals surface area contributed by atoms with E-state index in [0.717, 1.165) is 44.3 Å². The number of rotatable bonds is 4. The van der Waals surface area contributed by atoms with E-state index in [1.807, 2.05) is 17.0 Å². The van der Waals surface area contributed by atoms with Gasteiger partial charge in [-0.1, -0.05) is 12.1 Å². The number of hydrogen-bond acceptors (Lipinski definition) is 2. The van der Waals surface area contributed by atoms with Crippen LogP contribution >= 0.6 is 0 Å². The summed E-state index contributed by atoms with van der Waals surface area (Å²) in [6.45, 7) is 1.73. The third-order valence-corrected chi connectivity index (χ3v) is 4.70. The summed E-state index contributed by atoms with van der Waals surface area (Å²) in [7, 11) is 0. The minimum absolute atomic E-state index is 0.107. The van der Waals surface area contributed by atoms with Gasteiger partial charge in [-0.3, -0.25) is 9.59 Å². The van der Waals surface area contributed by atoms with Crippen molar-refractivity contribution in [3.8, 4) is 0 Å². The minimum atomic E-state index is 0.107. The average Bonchev–Trinajstić information content (AvgIpc) is 3.00. The zero-order valence-electron chi connectivity index (χ0n) is 12.6. The molecule has 0 atom stereocenters. The lowest BCUT2D eigenvalue weighted by Gasteiger charge is -2.26. The molecule has 21 heavy (non-hydrogen) atoms. The molecule has 1 aromatic rings. The molecule has 0 radical (unpaired) electrons. The molecule has 0 N–H and O–H groups in total. The molecule has 3 heteroatoms. The number of ketones is 1. The van der Waals surface area contributed by atoms with Crippen molar-refractivity contribution in [2.24, 2.45) is 0 Å². The van der Waals surface area contributed by atoms with Crippen LogP contribution in [0.1, 0.15) is 60.0 Å². The molecule has 0 aromatic heterocycles. The Kier molecular flexibility index (Phi) is 4.37. The van der Waals surface area contributed by atoms with E-state index in [1.54, 1.807) is 0 Å². The smallest absolute Gasteiger partial charge is 0.223 e. The van der Waals surface area contributed by atoms with Crippen LogP contribution in [-0.4, -0.2) is 29.7 Å². The molecule has 0 bridgehead atoms. The van der Waals surface area contributed by atoms with Gasteiger partial charge in [0.1, 0.15) is 0 Å². The van der Waals surface area contributed by atoms with Crippen molar-refractivity contribution in [2.75, 3.05) is 13.1 Å². The summed E-state index contributed by atoms with van der Waals surface area (Å²) in [6.07, 6.45) is 7.54. The normalized spacial score (nSPS) is 17.6. The zero-order valence-corrected chi connectivity index (χ0v) is 12.6. The summed E-state index contributed by atoms with van der Waals surface area (Å²) >= 11 is 0. The number of carbonyl (C=O) groups excluding carboxylic acids is 2. The summed E-state index contributed by atoms with van der Waals surface area (Å²) in [5.41, 5.74) is 3.49. The Labute approximate surface area is 126 Å². The van der Waals surface area contributed by atoms with Crippen molar-refractivity contribution in [3.05, 3.63) is 34.9 Å². The van der Waals surface area contributed by atoms with Gasteiger partial charge in [0.05, 0.1) is 0 Å². The molecule has 1 heterocycles. The Bertz CT molecular complexity index is 544. The van der Waals surface area contributed by atoms with E-state index in [0.29, 0.717) is 12.8 Å². The average molecular weight is 285 g/mol. The predicted octanol–water partition coefficient (Wildman–Crippen LogP) is 3.15. The van der Waals surface area contributed by atoms with Crippen LogP contribution in [0.4, 0.5) is 0 Å². The summed E-state index contributed by atoms with van der Waals surface area (Å²) < 4.78 is 0. The minimum Gasteiger partial charge on any atom is -0.343 e. The molecule has 1 fully saturated rings. The Morgan fingerprint density at radius 3 is 2.48 bits per heavy atom. The molecule has 1 amide bonds. The molecule has 3 rings (SSSR count). The standard InChI is InChI=1S/C18H23NO2/c20-17(9-10-18(21)19-11-2-1-3-12-19)16-8-7-14-5-4-6-15(14)13-16/h7-8,13H,1-6,9-12H2. The van der Waals surface area contributed by atoms with Crippen molar-refractivity contribution >= 4 is 11.7 Å². The van der Waals surface area contributed by atoms with Gasteiger partial charge in [-0.2, -0.15) is 0 Å². The Balaban J connectivity index is 1.55. The van der Waals surface area contributed by atoms with Crippen LogP contribution in [0.25, 0.3) is 0 Å². The van der Waals surface area contributed by atoms with Crippen LogP contribution in [-0.2, 0) is 17.6 Å². The summed E-state index contributed by atoms with van der Waals surface area (Å²) in [5.74, 6) is 0.249.